The van der Waals surface area contributed by atoms with Gasteiger partial charge in [0, 0.05) is 23.0 Å². The van der Waals surface area contributed by atoms with Gasteiger partial charge in [-0.3, -0.25) is 0 Å². The molecule has 1 heterocycles. The molecule has 4 heteroatoms. The minimum Gasteiger partial charge on any atom is -0.392 e. The van der Waals surface area contributed by atoms with Gasteiger partial charge < -0.3 is 9.67 Å². The van der Waals surface area contributed by atoms with Crippen molar-refractivity contribution in [2.45, 2.75) is 13.2 Å². The maximum absolute atomic E-state index is 8.76. The lowest BCUT2D eigenvalue weighted by molar-refractivity contribution is 0.282. The highest BCUT2D eigenvalue weighted by Crippen LogP contribution is 2.09. The van der Waals surface area contributed by atoms with Gasteiger partial charge in [-0.2, -0.15) is 0 Å². The Morgan fingerprint density at radius 1 is 1.67 bits per heavy atom. The zero-order valence-corrected chi connectivity index (χ0v) is 7.89. The van der Waals surface area contributed by atoms with E-state index in [0.717, 1.165) is 5.56 Å². The molecular weight excluding hydrogens is 197 g/mol. The molecule has 2 nitrogen and oxygen atoms in total. The molecule has 0 amide bonds. The zero-order valence-electron chi connectivity index (χ0n) is 6.37. The van der Waals surface area contributed by atoms with Crippen LogP contribution in [0.5, 0.6) is 0 Å². The maximum Gasteiger partial charge on any atom is 0.0696 e. The summed E-state index contributed by atoms with van der Waals surface area (Å²) in [5.74, 6) is 0. The third-order valence-electron chi connectivity index (χ3n) is 1.45. The highest BCUT2D eigenvalue weighted by molar-refractivity contribution is 6.36. The first-order valence-corrected chi connectivity index (χ1v) is 4.28. The molecule has 0 bridgehead atoms. The molecule has 0 atom stereocenters. The van der Waals surface area contributed by atoms with E-state index >= 15 is 0 Å². The van der Waals surface area contributed by atoms with E-state index in [1.807, 2.05) is 23.0 Å². The van der Waals surface area contributed by atoms with Crippen LogP contribution in [0.1, 0.15) is 5.56 Å². The van der Waals surface area contributed by atoms with Crippen molar-refractivity contribution in [1.29, 1.82) is 0 Å². The van der Waals surface area contributed by atoms with Crippen LogP contribution in [0.15, 0.2) is 29.0 Å². The molecule has 12 heavy (non-hydrogen) atoms. The molecule has 0 fully saturated rings. The standard InChI is InChI=1S/C8H9Cl2NO/c9-3-8(10)5-11-2-1-7(4-11)6-12/h1-4,12H,5-6H2/b8-3-. The van der Waals surface area contributed by atoms with E-state index in [1.165, 1.54) is 5.54 Å². The number of hydrogen-bond acceptors (Lipinski definition) is 1. The van der Waals surface area contributed by atoms with E-state index in [1.54, 1.807) is 0 Å². The third-order valence-corrected chi connectivity index (χ3v) is 2.05. The normalized spacial score (nSPS) is 12.1. The summed E-state index contributed by atoms with van der Waals surface area (Å²) in [5.41, 5.74) is 2.20. The molecule has 0 saturated heterocycles. The average molecular weight is 206 g/mol. The third kappa shape index (κ3) is 2.55. The molecule has 0 aliphatic carbocycles. The van der Waals surface area contributed by atoms with Crippen LogP contribution in [0.3, 0.4) is 0 Å². The van der Waals surface area contributed by atoms with Crippen molar-refractivity contribution in [1.82, 2.24) is 4.57 Å². The predicted octanol–water partition coefficient (Wildman–Crippen LogP) is 2.30. The van der Waals surface area contributed by atoms with Gasteiger partial charge >= 0.3 is 0 Å². The number of aliphatic hydroxyl groups excluding tert-OH is 1. The number of aromatic nitrogens is 1. The molecule has 0 radical (unpaired) electrons. The van der Waals surface area contributed by atoms with E-state index in [-0.39, 0.29) is 6.61 Å². The van der Waals surface area contributed by atoms with Crippen molar-refractivity contribution >= 4 is 23.2 Å². The van der Waals surface area contributed by atoms with Gasteiger partial charge in [0.1, 0.15) is 0 Å². The van der Waals surface area contributed by atoms with Crippen molar-refractivity contribution in [3.8, 4) is 0 Å². The summed E-state index contributed by atoms with van der Waals surface area (Å²) in [4.78, 5) is 0. The number of nitrogens with zero attached hydrogens (tertiary/aromatic N) is 1. The first-order valence-electron chi connectivity index (χ1n) is 3.46. The average Bonchev–Trinajstić information content (AvgIpc) is 2.52. The van der Waals surface area contributed by atoms with Crippen LogP contribution in [-0.4, -0.2) is 9.67 Å². The molecule has 66 valence electrons. The van der Waals surface area contributed by atoms with Crippen LogP contribution in [0.2, 0.25) is 0 Å². The van der Waals surface area contributed by atoms with Crippen LogP contribution in [0.25, 0.3) is 0 Å². The molecular formula is C8H9Cl2NO. The fourth-order valence-electron chi connectivity index (χ4n) is 0.891. The SMILES string of the molecule is OCc1ccn(C/C(Cl)=C/Cl)c1. The summed E-state index contributed by atoms with van der Waals surface area (Å²) in [7, 11) is 0. The smallest absolute Gasteiger partial charge is 0.0696 e. The fourth-order valence-corrected chi connectivity index (χ4v) is 1.10. The second-order valence-corrected chi connectivity index (χ2v) is 3.11. The molecule has 1 aromatic rings. The highest BCUT2D eigenvalue weighted by Gasteiger charge is 1.96. The molecule has 0 spiro atoms. The monoisotopic (exact) mass is 205 g/mol. The molecule has 0 aliphatic rings. The second-order valence-electron chi connectivity index (χ2n) is 2.41. The van der Waals surface area contributed by atoms with Gasteiger partial charge in [-0.1, -0.05) is 23.2 Å². The fraction of sp³-hybridized carbons (Fsp3) is 0.250. The Labute approximate surface area is 81.0 Å². The lowest BCUT2D eigenvalue weighted by Crippen LogP contribution is -1.93. The van der Waals surface area contributed by atoms with Gasteiger partial charge in [0.25, 0.3) is 0 Å². The summed E-state index contributed by atoms with van der Waals surface area (Å²) >= 11 is 11.1. The van der Waals surface area contributed by atoms with Crippen molar-refractivity contribution < 1.29 is 5.11 Å². The van der Waals surface area contributed by atoms with E-state index in [2.05, 4.69) is 0 Å². The van der Waals surface area contributed by atoms with Crippen LogP contribution >= 0.6 is 23.2 Å². The Hall–Kier alpha value is -0.440. The zero-order chi connectivity index (χ0) is 8.97. The lowest BCUT2D eigenvalue weighted by atomic mass is 10.4. The lowest BCUT2D eigenvalue weighted by Gasteiger charge is -1.98. The summed E-state index contributed by atoms with van der Waals surface area (Å²) in [6.45, 7) is 0.597. The van der Waals surface area contributed by atoms with E-state index in [0.29, 0.717) is 11.6 Å². The molecule has 0 aliphatic heterocycles. The Balaban J connectivity index is 2.64. The largest absolute Gasteiger partial charge is 0.392 e. The van der Waals surface area contributed by atoms with Gasteiger partial charge in [-0.25, -0.2) is 0 Å². The van der Waals surface area contributed by atoms with Gasteiger partial charge in [0.05, 0.1) is 13.2 Å². The van der Waals surface area contributed by atoms with Gasteiger partial charge in [-0.05, 0) is 11.6 Å². The Morgan fingerprint density at radius 2 is 2.42 bits per heavy atom. The molecule has 0 saturated carbocycles. The summed E-state index contributed by atoms with van der Waals surface area (Å²) in [6.07, 6.45) is 3.66. The van der Waals surface area contributed by atoms with Crippen LogP contribution in [-0.2, 0) is 13.2 Å². The van der Waals surface area contributed by atoms with E-state index < -0.39 is 0 Å². The van der Waals surface area contributed by atoms with Gasteiger partial charge in [-0.15, -0.1) is 0 Å². The topological polar surface area (TPSA) is 25.2 Å². The molecule has 1 N–H and O–H groups in total. The van der Waals surface area contributed by atoms with Crippen molar-refractivity contribution in [3.63, 3.8) is 0 Å². The van der Waals surface area contributed by atoms with E-state index in [4.69, 9.17) is 28.3 Å². The van der Waals surface area contributed by atoms with Crippen LogP contribution in [0.4, 0.5) is 0 Å². The first kappa shape index (κ1) is 9.65. The van der Waals surface area contributed by atoms with Crippen LogP contribution in [0, 0.1) is 0 Å². The first-order chi connectivity index (χ1) is 5.76. The Kier molecular flexibility index (Phi) is 3.66. The van der Waals surface area contributed by atoms with Crippen molar-refractivity contribution in [2.24, 2.45) is 0 Å². The summed E-state index contributed by atoms with van der Waals surface area (Å²) in [6, 6.07) is 1.83. The van der Waals surface area contributed by atoms with Crippen molar-refractivity contribution in [3.05, 3.63) is 34.6 Å². The van der Waals surface area contributed by atoms with Gasteiger partial charge in [0.15, 0.2) is 0 Å². The molecule has 1 aromatic heterocycles. The minimum absolute atomic E-state index is 0.0508. The predicted molar refractivity (Wildman–Crippen MR) is 50.1 cm³/mol. The van der Waals surface area contributed by atoms with Gasteiger partial charge in [0.2, 0.25) is 0 Å². The number of rotatable bonds is 3. The maximum atomic E-state index is 8.76. The van der Waals surface area contributed by atoms with Crippen LogP contribution < -0.4 is 0 Å². The van der Waals surface area contributed by atoms with Crippen molar-refractivity contribution in [2.75, 3.05) is 0 Å². The summed E-state index contributed by atoms with van der Waals surface area (Å²) < 4.78 is 1.85. The Bertz CT molecular complexity index is 280. The molecule has 0 aromatic carbocycles. The summed E-state index contributed by atoms with van der Waals surface area (Å²) in [5, 5.41) is 9.32. The minimum atomic E-state index is 0.0508. The Morgan fingerprint density at radius 3 is 2.92 bits per heavy atom. The quantitative estimate of drug-likeness (QED) is 0.806. The molecule has 1 rings (SSSR count). The number of hydrogen-bond donors (Lipinski definition) is 1. The number of allylic oxidation sites excluding steroid dienone is 1. The number of halogens is 2. The molecule has 0 unspecified atom stereocenters. The number of aliphatic hydroxyl groups is 1. The van der Waals surface area contributed by atoms with E-state index in [9.17, 15) is 0 Å². The highest BCUT2D eigenvalue weighted by atomic mass is 35.5. The second kappa shape index (κ2) is 4.55.